The zero-order chi connectivity index (χ0) is 13.1. The molecule has 0 spiro atoms. The van der Waals surface area contributed by atoms with Gasteiger partial charge in [0.2, 0.25) is 0 Å². The lowest BCUT2D eigenvalue weighted by Gasteiger charge is -2.15. The second-order valence-electron chi connectivity index (χ2n) is 3.55. The van der Waals surface area contributed by atoms with Gasteiger partial charge >= 0.3 is 5.97 Å². The lowest BCUT2D eigenvalue weighted by Crippen LogP contribution is -2.13. The maximum Gasteiger partial charge on any atom is 0.322 e. The number of halogens is 2. The summed E-state index contributed by atoms with van der Waals surface area (Å²) in [4.78, 5) is 10.4. The maximum atomic E-state index is 13.0. The van der Waals surface area contributed by atoms with Crippen molar-refractivity contribution in [3.05, 3.63) is 23.8 Å². The second-order valence-corrected chi connectivity index (χ2v) is 3.55. The predicted molar refractivity (Wildman–Crippen MR) is 58.7 cm³/mol. The minimum absolute atomic E-state index is 0.185. The van der Waals surface area contributed by atoms with Gasteiger partial charge in [-0.05, 0) is 12.1 Å². The Labute approximate surface area is 97.2 Å². The predicted octanol–water partition coefficient (Wildman–Crippen LogP) is 2.30. The van der Waals surface area contributed by atoms with Gasteiger partial charge in [-0.15, -0.1) is 0 Å². The van der Waals surface area contributed by atoms with Gasteiger partial charge in [-0.1, -0.05) is 6.07 Å². The monoisotopic (exact) mass is 245 g/mol. The van der Waals surface area contributed by atoms with Crippen molar-refractivity contribution in [2.75, 3.05) is 19.0 Å². The maximum absolute atomic E-state index is 13.0. The van der Waals surface area contributed by atoms with Gasteiger partial charge in [0.1, 0.15) is 12.3 Å². The van der Waals surface area contributed by atoms with E-state index in [0.717, 1.165) is 6.92 Å². The first-order valence-corrected chi connectivity index (χ1v) is 4.86. The van der Waals surface area contributed by atoms with E-state index in [-0.39, 0.29) is 17.9 Å². The Morgan fingerprint density at radius 3 is 2.65 bits per heavy atom. The van der Waals surface area contributed by atoms with Crippen LogP contribution in [0.15, 0.2) is 18.2 Å². The highest BCUT2D eigenvalue weighted by Gasteiger charge is 2.25. The van der Waals surface area contributed by atoms with Crippen molar-refractivity contribution < 1.29 is 23.4 Å². The molecule has 0 amide bonds. The number of anilines is 1. The number of carboxylic acids is 1. The van der Waals surface area contributed by atoms with E-state index >= 15 is 0 Å². The normalized spacial score (nSPS) is 11.1. The fourth-order valence-electron chi connectivity index (χ4n) is 1.28. The lowest BCUT2D eigenvalue weighted by molar-refractivity contribution is -0.134. The Kier molecular flexibility index (Phi) is 3.88. The first-order chi connectivity index (χ1) is 7.84. The summed E-state index contributed by atoms with van der Waals surface area (Å²) >= 11 is 0. The molecule has 0 unspecified atom stereocenters. The van der Waals surface area contributed by atoms with Gasteiger partial charge in [-0.3, -0.25) is 4.79 Å². The van der Waals surface area contributed by atoms with E-state index in [4.69, 9.17) is 9.84 Å². The number of hydrogen-bond acceptors (Lipinski definition) is 3. The van der Waals surface area contributed by atoms with Crippen molar-refractivity contribution in [2.24, 2.45) is 0 Å². The number of aliphatic carboxylic acids is 1. The Hall–Kier alpha value is -1.85. The Bertz CT molecular complexity index is 416. The lowest BCUT2D eigenvalue weighted by atomic mass is 10.1. The number of carbonyl (C=O) groups is 1. The zero-order valence-electron chi connectivity index (χ0n) is 9.46. The Morgan fingerprint density at radius 2 is 2.18 bits per heavy atom. The molecule has 17 heavy (non-hydrogen) atoms. The second kappa shape index (κ2) is 4.99. The summed E-state index contributed by atoms with van der Waals surface area (Å²) in [5, 5.41) is 11.1. The van der Waals surface area contributed by atoms with Crippen LogP contribution in [-0.4, -0.2) is 24.7 Å². The van der Waals surface area contributed by atoms with Gasteiger partial charge < -0.3 is 15.2 Å². The molecule has 1 rings (SSSR count). The molecule has 0 aliphatic rings. The third-order valence-electron chi connectivity index (χ3n) is 2.14. The zero-order valence-corrected chi connectivity index (χ0v) is 9.46. The van der Waals surface area contributed by atoms with Gasteiger partial charge in [0, 0.05) is 12.5 Å². The van der Waals surface area contributed by atoms with Crippen LogP contribution in [-0.2, 0) is 10.7 Å². The molecular formula is C11H13F2NO3. The van der Waals surface area contributed by atoms with E-state index in [1.54, 1.807) is 0 Å². The molecule has 0 aliphatic heterocycles. The van der Waals surface area contributed by atoms with E-state index in [9.17, 15) is 13.6 Å². The van der Waals surface area contributed by atoms with Crippen LogP contribution in [0.2, 0.25) is 0 Å². The summed E-state index contributed by atoms with van der Waals surface area (Å²) in [5.74, 6) is -3.82. The summed E-state index contributed by atoms with van der Waals surface area (Å²) < 4.78 is 31.0. The van der Waals surface area contributed by atoms with Gasteiger partial charge in [-0.2, -0.15) is 0 Å². The number of benzene rings is 1. The molecule has 0 saturated carbocycles. The molecule has 4 nitrogen and oxygen atoms in total. The molecule has 0 radical (unpaired) electrons. The number of methoxy groups -OCH3 is 1. The summed E-state index contributed by atoms with van der Waals surface area (Å²) in [6, 6.07) is 3.78. The third-order valence-corrected chi connectivity index (χ3v) is 2.14. The van der Waals surface area contributed by atoms with Crippen LogP contribution < -0.4 is 10.1 Å². The molecule has 0 aromatic heterocycles. The van der Waals surface area contributed by atoms with Crippen molar-refractivity contribution in [1.82, 2.24) is 0 Å². The number of hydrogen-bond donors (Lipinski definition) is 2. The first-order valence-electron chi connectivity index (χ1n) is 4.86. The van der Waals surface area contributed by atoms with Crippen molar-refractivity contribution in [3.63, 3.8) is 0 Å². The Morgan fingerprint density at radius 1 is 1.53 bits per heavy atom. The minimum atomic E-state index is -2.96. The molecule has 0 fully saturated rings. The molecule has 6 heteroatoms. The van der Waals surface area contributed by atoms with Crippen molar-refractivity contribution in [1.29, 1.82) is 0 Å². The smallest absolute Gasteiger partial charge is 0.322 e. The average molecular weight is 245 g/mol. The van der Waals surface area contributed by atoms with E-state index in [2.05, 4.69) is 5.32 Å². The molecule has 2 N–H and O–H groups in total. The number of alkyl halides is 2. The molecule has 0 atom stereocenters. The highest BCUT2D eigenvalue weighted by Crippen LogP contribution is 2.33. The van der Waals surface area contributed by atoms with Gasteiger partial charge in [-0.25, -0.2) is 8.78 Å². The fourth-order valence-corrected chi connectivity index (χ4v) is 1.28. The van der Waals surface area contributed by atoms with Crippen molar-refractivity contribution >= 4 is 11.7 Å². The fraction of sp³-hybridized carbons (Fsp3) is 0.364. The molecule has 0 aliphatic carbocycles. The first kappa shape index (κ1) is 13.2. The van der Waals surface area contributed by atoms with Crippen LogP contribution in [0.3, 0.4) is 0 Å². The van der Waals surface area contributed by atoms with Crippen LogP contribution in [0, 0.1) is 0 Å². The molecular weight excluding hydrogens is 232 g/mol. The topological polar surface area (TPSA) is 58.6 Å². The van der Waals surface area contributed by atoms with Crippen LogP contribution in [0.5, 0.6) is 5.75 Å². The van der Waals surface area contributed by atoms with E-state index in [1.807, 2.05) is 0 Å². The highest BCUT2D eigenvalue weighted by molar-refractivity contribution is 5.74. The summed E-state index contributed by atoms with van der Waals surface area (Å²) in [6.07, 6.45) is 0. The van der Waals surface area contributed by atoms with Gasteiger partial charge in [0.25, 0.3) is 5.92 Å². The number of nitrogens with one attached hydrogen (secondary N) is 1. The van der Waals surface area contributed by atoms with Gasteiger partial charge in [0.15, 0.2) is 0 Å². The number of carboxylic acid groups (broad SMARTS) is 1. The van der Waals surface area contributed by atoms with Crippen LogP contribution in [0.4, 0.5) is 14.5 Å². The van der Waals surface area contributed by atoms with Crippen molar-refractivity contribution in [3.8, 4) is 5.75 Å². The van der Waals surface area contributed by atoms with E-state index in [1.165, 1.54) is 25.3 Å². The highest BCUT2D eigenvalue weighted by atomic mass is 19.3. The standard InChI is InChI=1S/C11H13F2NO3/c1-11(12,13)7-3-4-8(9(5-7)17-2)14-6-10(15)16/h3-5,14H,6H2,1-2H3,(H,15,16). The molecule has 1 aromatic rings. The molecule has 0 bridgehead atoms. The molecule has 94 valence electrons. The van der Waals surface area contributed by atoms with Crippen molar-refractivity contribution in [2.45, 2.75) is 12.8 Å². The summed E-state index contributed by atoms with van der Waals surface area (Å²) in [5.41, 5.74) is 0.179. The SMILES string of the molecule is COc1cc(C(C)(F)F)ccc1NCC(=O)O. The quantitative estimate of drug-likeness (QED) is 0.835. The average Bonchev–Trinajstić information content (AvgIpc) is 2.24. The molecule has 1 aromatic carbocycles. The summed E-state index contributed by atoms with van der Waals surface area (Å²) in [6.45, 7) is 0.477. The van der Waals surface area contributed by atoms with E-state index < -0.39 is 11.9 Å². The largest absolute Gasteiger partial charge is 0.495 e. The minimum Gasteiger partial charge on any atom is -0.495 e. The number of ether oxygens (including phenoxy) is 1. The summed E-state index contributed by atoms with van der Waals surface area (Å²) in [7, 11) is 1.33. The van der Waals surface area contributed by atoms with Crippen LogP contribution >= 0.6 is 0 Å². The van der Waals surface area contributed by atoms with Gasteiger partial charge in [0.05, 0.1) is 12.8 Å². The Balaban J connectivity index is 2.97. The van der Waals surface area contributed by atoms with E-state index in [0.29, 0.717) is 5.69 Å². The van der Waals surface area contributed by atoms with Crippen LogP contribution in [0.1, 0.15) is 12.5 Å². The third kappa shape index (κ3) is 3.58. The number of rotatable bonds is 5. The molecule has 0 heterocycles. The van der Waals surface area contributed by atoms with Crippen LogP contribution in [0.25, 0.3) is 0 Å². The molecule has 0 saturated heterocycles.